The van der Waals surface area contributed by atoms with E-state index in [0.717, 1.165) is 22.9 Å². The molecule has 1 fully saturated rings. The highest BCUT2D eigenvalue weighted by Gasteiger charge is 2.21. The second kappa shape index (κ2) is 6.90. The van der Waals surface area contributed by atoms with Crippen molar-refractivity contribution in [3.05, 3.63) is 26.6 Å². The normalized spacial score (nSPS) is 17.4. The van der Waals surface area contributed by atoms with Crippen LogP contribution in [0.4, 0.5) is 0 Å². The minimum Gasteiger partial charge on any atom is -0.211 e. The van der Waals surface area contributed by atoms with Gasteiger partial charge in [-0.1, -0.05) is 35.2 Å². The number of sulfonamides is 1. The highest BCUT2D eigenvalue weighted by molar-refractivity contribution is 9.11. The molecule has 6 heteroatoms. The molecular formula is C14H19Br2NO2S. The van der Waals surface area contributed by atoms with Gasteiger partial charge in [-0.3, -0.25) is 0 Å². The fourth-order valence-electron chi connectivity index (χ4n) is 2.53. The van der Waals surface area contributed by atoms with E-state index in [-0.39, 0.29) is 0 Å². The molecule has 20 heavy (non-hydrogen) atoms. The molecule has 0 aromatic heterocycles. The summed E-state index contributed by atoms with van der Waals surface area (Å²) in [6.07, 6.45) is 5.96. The van der Waals surface area contributed by atoms with Gasteiger partial charge in [-0.15, -0.1) is 0 Å². The fraction of sp³-hybridized carbons (Fsp3) is 0.571. The van der Waals surface area contributed by atoms with Gasteiger partial charge in [0, 0.05) is 15.5 Å². The minimum absolute atomic E-state index is 0.297. The van der Waals surface area contributed by atoms with Crippen LogP contribution in [-0.4, -0.2) is 15.0 Å². The van der Waals surface area contributed by atoms with Gasteiger partial charge < -0.3 is 0 Å². The Kier molecular flexibility index (Phi) is 5.68. The smallest absolute Gasteiger partial charge is 0.211 e. The lowest BCUT2D eigenvalue weighted by atomic mass is 9.90. The first kappa shape index (κ1) is 16.5. The maximum atomic E-state index is 12.4. The molecule has 1 aromatic rings. The zero-order valence-electron chi connectivity index (χ0n) is 11.5. The van der Waals surface area contributed by atoms with Gasteiger partial charge in [0.25, 0.3) is 0 Å². The molecule has 0 amide bonds. The standard InChI is InChI=1S/C14H19Br2NO2S/c1-10-7-13(16)14(8-12(10)15)20(18,19)17-9-11-5-3-2-4-6-11/h7-8,11,17H,2-6,9H2,1H3. The molecule has 3 nitrogen and oxygen atoms in total. The fourth-order valence-corrected chi connectivity index (χ4v) is 5.32. The van der Waals surface area contributed by atoms with Gasteiger partial charge in [0.05, 0.1) is 4.90 Å². The van der Waals surface area contributed by atoms with E-state index < -0.39 is 10.0 Å². The number of halogens is 2. The van der Waals surface area contributed by atoms with E-state index in [0.29, 0.717) is 21.8 Å². The molecule has 0 aliphatic heterocycles. The van der Waals surface area contributed by atoms with Crippen molar-refractivity contribution in [1.82, 2.24) is 4.72 Å². The van der Waals surface area contributed by atoms with E-state index in [1.54, 1.807) is 6.07 Å². The molecule has 1 aliphatic rings. The van der Waals surface area contributed by atoms with Crippen LogP contribution < -0.4 is 4.72 Å². The van der Waals surface area contributed by atoms with Crippen LogP contribution in [0.25, 0.3) is 0 Å². The zero-order valence-corrected chi connectivity index (χ0v) is 15.4. The first-order valence-electron chi connectivity index (χ1n) is 6.85. The van der Waals surface area contributed by atoms with Crippen molar-refractivity contribution in [3.8, 4) is 0 Å². The predicted molar refractivity (Wildman–Crippen MR) is 88.3 cm³/mol. The third kappa shape index (κ3) is 4.06. The second-order valence-electron chi connectivity index (χ2n) is 5.39. The summed E-state index contributed by atoms with van der Waals surface area (Å²) in [5.41, 5.74) is 1.00. The Morgan fingerprint density at radius 2 is 1.80 bits per heavy atom. The first-order valence-corrected chi connectivity index (χ1v) is 9.92. The molecule has 1 N–H and O–H groups in total. The van der Waals surface area contributed by atoms with Gasteiger partial charge in [-0.2, -0.15) is 0 Å². The average Bonchev–Trinajstić information content (AvgIpc) is 2.42. The minimum atomic E-state index is -3.46. The van der Waals surface area contributed by atoms with Crippen molar-refractivity contribution in [3.63, 3.8) is 0 Å². The molecule has 1 aromatic carbocycles. The first-order chi connectivity index (χ1) is 9.40. The summed E-state index contributed by atoms with van der Waals surface area (Å²) < 4.78 is 29.0. The summed E-state index contributed by atoms with van der Waals surface area (Å²) >= 11 is 6.73. The molecule has 0 heterocycles. The summed E-state index contributed by atoms with van der Waals surface area (Å²) in [4.78, 5) is 0.297. The molecule has 2 rings (SSSR count). The summed E-state index contributed by atoms with van der Waals surface area (Å²) in [5, 5.41) is 0. The highest BCUT2D eigenvalue weighted by Crippen LogP contribution is 2.29. The molecule has 1 aliphatic carbocycles. The zero-order chi connectivity index (χ0) is 14.8. The summed E-state index contributed by atoms with van der Waals surface area (Å²) in [6, 6.07) is 3.47. The number of rotatable bonds is 4. The lowest BCUT2D eigenvalue weighted by molar-refractivity contribution is 0.357. The van der Waals surface area contributed by atoms with Crippen molar-refractivity contribution in [2.75, 3.05) is 6.54 Å². The van der Waals surface area contributed by atoms with Crippen LogP contribution in [0.15, 0.2) is 26.0 Å². The van der Waals surface area contributed by atoms with Gasteiger partial charge in [0.15, 0.2) is 0 Å². The lowest BCUT2D eigenvalue weighted by Crippen LogP contribution is -2.30. The van der Waals surface area contributed by atoms with Crippen LogP contribution in [0.2, 0.25) is 0 Å². The Balaban J connectivity index is 2.11. The molecule has 0 atom stereocenters. The molecule has 0 radical (unpaired) electrons. The van der Waals surface area contributed by atoms with E-state index >= 15 is 0 Å². The predicted octanol–water partition coefficient (Wildman–Crippen LogP) is 4.38. The van der Waals surface area contributed by atoms with E-state index in [9.17, 15) is 8.42 Å². The Morgan fingerprint density at radius 3 is 2.45 bits per heavy atom. The van der Waals surface area contributed by atoms with Gasteiger partial charge in [-0.05, 0) is 59.3 Å². The molecule has 1 saturated carbocycles. The third-order valence-corrected chi connectivity index (χ3v) is 7.03. The second-order valence-corrected chi connectivity index (χ2v) is 8.83. The molecule has 112 valence electrons. The lowest BCUT2D eigenvalue weighted by Gasteiger charge is -2.22. The monoisotopic (exact) mass is 423 g/mol. The van der Waals surface area contributed by atoms with Crippen LogP contribution in [0.1, 0.15) is 37.7 Å². The van der Waals surface area contributed by atoms with Crippen molar-refractivity contribution in [1.29, 1.82) is 0 Å². The van der Waals surface area contributed by atoms with E-state index in [1.165, 1.54) is 19.3 Å². The van der Waals surface area contributed by atoms with Gasteiger partial charge in [0.1, 0.15) is 0 Å². The largest absolute Gasteiger partial charge is 0.241 e. The maximum Gasteiger partial charge on any atom is 0.241 e. The van der Waals surface area contributed by atoms with Crippen molar-refractivity contribution < 1.29 is 8.42 Å². The Labute approximate surface area is 137 Å². The van der Waals surface area contributed by atoms with Gasteiger partial charge in [-0.25, -0.2) is 13.1 Å². The molecule has 0 spiro atoms. The maximum absolute atomic E-state index is 12.4. The van der Waals surface area contributed by atoms with Crippen molar-refractivity contribution in [2.45, 2.75) is 43.9 Å². The number of hydrogen-bond donors (Lipinski definition) is 1. The molecular weight excluding hydrogens is 406 g/mol. The average molecular weight is 425 g/mol. The topological polar surface area (TPSA) is 46.2 Å². The van der Waals surface area contributed by atoms with Crippen molar-refractivity contribution >= 4 is 41.9 Å². The van der Waals surface area contributed by atoms with Gasteiger partial charge >= 0.3 is 0 Å². The van der Waals surface area contributed by atoms with Crippen LogP contribution in [0.5, 0.6) is 0 Å². The van der Waals surface area contributed by atoms with E-state index in [1.807, 2.05) is 13.0 Å². The van der Waals surface area contributed by atoms with Gasteiger partial charge in [0.2, 0.25) is 10.0 Å². The van der Waals surface area contributed by atoms with Crippen LogP contribution in [0.3, 0.4) is 0 Å². The molecule has 0 unspecified atom stereocenters. The summed E-state index contributed by atoms with van der Waals surface area (Å²) in [5.74, 6) is 0.478. The molecule has 0 saturated heterocycles. The van der Waals surface area contributed by atoms with Crippen molar-refractivity contribution in [2.24, 2.45) is 5.92 Å². The number of aryl methyl sites for hydroxylation is 1. The Bertz CT molecular complexity index is 581. The van der Waals surface area contributed by atoms with Crippen LogP contribution in [0, 0.1) is 12.8 Å². The summed E-state index contributed by atoms with van der Waals surface area (Å²) in [7, 11) is -3.46. The molecule has 0 bridgehead atoms. The van der Waals surface area contributed by atoms with E-state index in [4.69, 9.17) is 0 Å². The number of nitrogens with one attached hydrogen (secondary N) is 1. The Morgan fingerprint density at radius 1 is 1.15 bits per heavy atom. The quantitative estimate of drug-likeness (QED) is 0.779. The number of benzene rings is 1. The highest BCUT2D eigenvalue weighted by atomic mass is 79.9. The number of hydrogen-bond acceptors (Lipinski definition) is 2. The summed E-state index contributed by atoms with van der Waals surface area (Å²) in [6.45, 7) is 2.47. The third-order valence-electron chi connectivity index (χ3n) is 3.79. The van der Waals surface area contributed by atoms with E-state index in [2.05, 4.69) is 36.6 Å². The Hall–Kier alpha value is 0.0900. The van der Waals surface area contributed by atoms with Crippen LogP contribution in [-0.2, 0) is 10.0 Å². The SMILES string of the molecule is Cc1cc(Br)c(S(=O)(=O)NCC2CCCCC2)cc1Br. The van der Waals surface area contributed by atoms with Crippen LogP contribution >= 0.6 is 31.9 Å².